The van der Waals surface area contributed by atoms with Gasteiger partial charge in [-0.3, -0.25) is 0 Å². The van der Waals surface area contributed by atoms with Crippen molar-refractivity contribution < 1.29 is 35.8 Å². The molecule has 0 aliphatic heterocycles. The number of alkyl halides is 6. The van der Waals surface area contributed by atoms with E-state index in [4.69, 9.17) is 0 Å². The maximum absolute atomic E-state index is 12.4. The van der Waals surface area contributed by atoms with E-state index in [0.717, 1.165) is 59.1 Å². The lowest BCUT2D eigenvalue weighted by Crippen LogP contribution is -2.17. The third kappa shape index (κ3) is 15.0. The van der Waals surface area contributed by atoms with Gasteiger partial charge in [0, 0.05) is 0 Å². The van der Waals surface area contributed by atoms with Gasteiger partial charge in [-0.1, -0.05) is 149 Å². The SMILES string of the molecule is CCCC1CCC(c2ccc(CCc3ccc4cc(OC(F)(F)F)ccc4c3)cc2)CC1.CCCCCC1CCC(c2ccc(CCc3ccc4cc(OC(F)(F)F)ccc4c3)cc2)CC1. The van der Waals surface area contributed by atoms with Crippen LogP contribution in [-0.2, 0) is 25.7 Å². The van der Waals surface area contributed by atoms with Crippen LogP contribution in [0.4, 0.5) is 26.3 Å². The van der Waals surface area contributed by atoms with Gasteiger partial charge >= 0.3 is 12.7 Å². The number of aryl methyl sites for hydroxylation is 4. The highest BCUT2D eigenvalue weighted by Gasteiger charge is 2.32. The summed E-state index contributed by atoms with van der Waals surface area (Å²) in [7, 11) is 0. The summed E-state index contributed by atoms with van der Waals surface area (Å²) in [6.07, 6.45) is 13.3. The molecule has 0 aromatic heterocycles. The normalized spacial score (nSPS) is 19.0. The molecule has 2 nitrogen and oxygen atoms in total. The molecule has 0 bridgehead atoms. The average Bonchev–Trinajstić information content (AvgIpc) is 3.30. The van der Waals surface area contributed by atoms with Crippen LogP contribution in [-0.4, -0.2) is 12.7 Å². The maximum Gasteiger partial charge on any atom is 0.573 e. The Morgan fingerprint density at radius 1 is 0.394 bits per heavy atom. The van der Waals surface area contributed by atoms with Gasteiger partial charge in [-0.15, -0.1) is 26.3 Å². The molecule has 2 saturated carbocycles. The lowest BCUT2D eigenvalue weighted by Gasteiger charge is -2.29. The predicted molar refractivity (Wildman–Crippen MR) is 257 cm³/mol. The van der Waals surface area contributed by atoms with Gasteiger partial charge in [0.1, 0.15) is 11.5 Å². The van der Waals surface area contributed by atoms with Crippen LogP contribution in [0.15, 0.2) is 121 Å². The van der Waals surface area contributed by atoms with E-state index in [2.05, 4.69) is 84.0 Å². The van der Waals surface area contributed by atoms with E-state index in [-0.39, 0.29) is 11.5 Å². The molecule has 66 heavy (non-hydrogen) atoms. The molecule has 0 radical (unpaired) electrons. The molecular weight excluding hydrogens is 843 g/mol. The fraction of sp³-hybridized carbons (Fsp3) is 0.448. The molecule has 2 aliphatic rings. The summed E-state index contributed by atoms with van der Waals surface area (Å²) in [6.45, 7) is 4.56. The van der Waals surface area contributed by atoms with E-state index < -0.39 is 12.7 Å². The van der Waals surface area contributed by atoms with Crippen molar-refractivity contribution in [2.75, 3.05) is 0 Å². The zero-order chi connectivity index (χ0) is 46.5. The standard InChI is InChI=1S/C30H35F3O.C28H31F3O/c1-2-3-4-5-22-8-13-25(14-9-22)26-15-10-23(11-16-26)6-7-24-12-17-28-21-29(34-30(31,32)33)19-18-27(28)20-24;1-2-3-20-6-11-23(12-7-20)24-13-8-21(9-14-24)4-5-22-10-15-26-19-27(32-28(29,30)31)17-16-25(26)18-22/h10-12,15-22,25H,2-9,13-14H2,1H3;8-10,13-20,23H,2-7,11-12H2,1H3. The zero-order valence-corrected chi connectivity index (χ0v) is 38.7. The summed E-state index contributed by atoms with van der Waals surface area (Å²) in [5.41, 5.74) is 7.97. The second kappa shape index (κ2) is 23.2. The molecule has 2 aliphatic carbocycles. The molecule has 6 aromatic carbocycles. The van der Waals surface area contributed by atoms with E-state index in [0.29, 0.717) is 11.8 Å². The lowest BCUT2D eigenvalue weighted by atomic mass is 9.77. The van der Waals surface area contributed by atoms with E-state index >= 15 is 0 Å². The number of hydrogen-bond acceptors (Lipinski definition) is 2. The van der Waals surface area contributed by atoms with Crippen LogP contribution in [0.3, 0.4) is 0 Å². The minimum Gasteiger partial charge on any atom is -0.406 e. The Labute approximate surface area is 388 Å². The first-order valence-electron chi connectivity index (χ1n) is 24.5. The van der Waals surface area contributed by atoms with Crippen LogP contribution >= 0.6 is 0 Å². The zero-order valence-electron chi connectivity index (χ0n) is 38.7. The Morgan fingerprint density at radius 3 is 1.15 bits per heavy atom. The lowest BCUT2D eigenvalue weighted by molar-refractivity contribution is -0.275. The van der Waals surface area contributed by atoms with Crippen LogP contribution < -0.4 is 9.47 Å². The van der Waals surface area contributed by atoms with Gasteiger partial charge in [-0.05, 0) is 180 Å². The van der Waals surface area contributed by atoms with Crippen LogP contribution in [0.2, 0.25) is 0 Å². The molecule has 352 valence electrons. The summed E-state index contributed by atoms with van der Waals surface area (Å²) in [4.78, 5) is 0. The Kier molecular flexibility index (Phi) is 17.2. The monoisotopic (exact) mass is 908 g/mol. The smallest absolute Gasteiger partial charge is 0.406 e. The van der Waals surface area contributed by atoms with Crippen molar-refractivity contribution in [3.8, 4) is 11.5 Å². The first-order chi connectivity index (χ1) is 31.8. The molecule has 0 atom stereocenters. The second-order valence-electron chi connectivity index (χ2n) is 19.0. The first kappa shape index (κ1) is 48.9. The Balaban J connectivity index is 0.000000197. The number of hydrogen-bond donors (Lipinski definition) is 0. The highest BCUT2D eigenvalue weighted by atomic mass is 19.4. The van der Waals surface area contributed by atoms with Gasteiger partial charge in [0.25, 0.3) is 0 Å². The molecule has 0 saturated heterocycles. The van der Waals surface area contributed by atoms with Gasteiger partial charge in [0.2, 0.25) is 0 Å². The highest BCUT2D eigenvalue weighted by molar-refractivity contribution is 5.85. The molecule has 2 fully saturated rings. The van der Waals surface area contributed by atoms with Crippen molar-refractivity contribution in [2.45, 2.75) is 154 Å². The van der Waals surface area contributed by atoms with Gasteiger partial charge in [-0.2, -0.15) is 0 Å². The molecule has 0 spiro atoms. The minimum absolute atomic E-state index is 0.183. The van der Waals surface area contributed by atoms with E-state index in [1.165, 1.54) is 148 Å². The second-order valence-corrected chi connectivity index (χ2v) is 19.0. The third-order valence-corrected chi connectivity index (χ3v) is 14.1. The average molecular weight is 909 g/mol. The van der Waals surface area contributed by atoms with Gasteiger partial charge in [0.15, 0.2) is 0 Å². The summed E-state index contributed by atoms with van der Waals surface area (Å²) in [5.74, 6) is 2.93. The maximum atomic E-state index is 12.4. The fourth-order valence-corrected chi connectivity index (χ4v) is 10.4. The Hall–Kier alpha value is -4.98. The third-order valence-electron chi connectivity index (χ3n) is 14.1. The number of benzene rings is 6. The molecule has 8 heteroatoms. The van der Waals surface area contributed by atoms with Crippen LogP contribution in [0, 0.1) is 11.8 Å². The van der Waals surface area contributed by atoms with Gasteiger partial charge in [0.05, 0.1) is 0 Å². The van der Waals surface area contributed by atoms with Gasteiger partial charge < -0.3 is 9.47 Å². The minimum atomic E-state index is -4.67. The highest BCUT2D eigenvalue weighted by Crippen LogP contribution is 2.39. The molecule has 0 amide bonds. The van der Waals surface area contributed by atoms with E-state index in [9.17, 15) is 26.3 Å². The number of fused-ring (bicyclic) bond motifs is 2. The quantitative estimate of drug-likeness (QED) is 0.0712. The number of rotatable bonds is 16. The van der Waals surface area contributed by atoms with Crippen LogP contribution in [0.1, 0.15) is 149 Å². The summed E-state index contributed by atoms with van der Waals surface area (Å²) in [5, 5.41) is 3.34. The van der Waals surface area contributed by atoms with Crippen molar-refractivity contribution in [3.63, 3.8) is 0 Å². The van der Waals surface area contributed by atoms with Gasteiger partial charge in [-0.25, -0.2) is 0 Å². The van der Waals surface area contributed by atoms with Crippen molar-refractivity contribution in [2.24, 2.45) is 11.8 Å². The Morgan fingerprint density at radius 2 is 0.758 bits per heavy atom. The number of unbranched alkanes of at least 4 members (excludes halogenated alkanes) is 2. The fourth-order valence-electron chi connectivity index (χ4n) is 10.4. The topological polar surface area (TPSA) is 18.5 Å². The van der Waals surface area contributed by atoms with Crippen LogP contribution in [0.25, 0.3) is 21.5 Å². The van der Waals surface area contributed by atoms with Crippen molar-refractivity contribution in [3.05, 3.63) is 155 Å². The molecule has 8 rings (SSSR count). The summed E-state index contributed by atoms with van der Waals surface area (Å²) in [6, 6.07) is 39.1. The van der Waals surface area contributed by atoms with Crippen molar-refractivity contribution in [1.82, 2.24) is 0 Å². The molecule has 0 N–H and O–H groups in total. The van der Waals surface area contributed by atoms with E-state index in [1.54, 1.807) is 12.1 Å². The number of halogens is 6. The molecule has 0 unspecified atom stereocenters. The van der Waals surface area contributed by atoms with E-state index in [1.807, 2.05) is 24.3 Å². The number of ether oxygens (including phenoxy) is 2. The summed E-state index contributed by atoms with van der Waals surface area (Å²) < 4.78 is 82.6. The Bertz CT molecular complexity index is 2400. The molecule has 6 aromatic rings. The predicted octanol–water partition coefficient (Wildman–Crippen LogP) is 18.0. The molecular formula is C58H66F6O2. The van der Waals surface area contributed by atoms with Crippen molar-refractivity contribution in [1.29, 1.82) is 0 Å². The first-order valence-corrected chi connectivity index (χ1v) is 24.5. The largest absolute Gasteiger partial charge is 0.573 e. The van der Waals surface area contributed by atoms with Crippen molar-refractivity contribution >= 4 is 21.5 Å². The van der Waals surface area contributed by atoms with Crippen LogP contribution in [0.5, 0.6) is 11.5 Å². The summed E-state index contributed by atoms with van der Waals surface area (Å²) >= 11 is 0. The molecule has 0 heterocycles.